The Balaban J connectivity index is 1.52. The average Bonchev–Trinajstić information content (AvgIpc) is 3.13. The molecule has 132 valence electrons. The van der Waals surface area contributed by atoms with Crippen molar-refractivity contribution in [3.63, 3.8) is 0 Å². The van der Waals surface area contributed by atoms with Crippen molar-refractivity contribution in [2.75, 3.05) is 5.32 Å². The van der Waals surface area contributed by atoms with Gasteiger partial charge in [0.1, 0.15) is 12.0 Å². The molecule has 7 heteroatoms. The number of nitrogens with zero attached hydrogens (tertiary/aromatic N) is 3. The van der Waals surface area contributed by atoms with Gasteiger partial charge in [-0.05, 0) is 48.5 Å². The van der Waals surface area contributed by atoms with Crippen LogP contribution in [0.4, 0.5) is 5.69 Å². The van der Waals surface area contributed by atoms with E-state index in [1.807, 2.05) is 41.0 Å². The number of benzene rings is 2. The minimum absolute atomic E-state index is 0.199. The molecule has 0 spiro atoms. The van der Waals surface area contributed by atoms with Crippen LogP contribution in [0.3, 0.4) is 0 Å². The van der Waals surface area contributed by atoms with Crippen molar-refractivity contribution in [1.82, 2.24) is 14.5 Å². The Hall–Kier alpha value is -4.00. The SMILES string of the molecule is NC(=O)c1ccc(C(=O)Nc2ccc(-n3cnc4ccccc43)cc2)nc1. The number of hydrogen-bond acceptors (Lipinski definition) is 4. The first-order valence-electron chi connectivity index (χ1n) is 8.21. The predicted molar refractivity (Wildman–Crippen MR) is 102 cm³/mol. The molecule has 0 saturated heterocycles. The third kappa shape index (κ3) is 3.25. The van der Waals surface area contributed by atoms with E-state index in [0.717, 1.165) is 16.7 Å². The number of rotatable bonds is 4. The fourth-order valence-corrected chi connectivity index (χ4v) is 2.74. The zero-order valence-electron chi connectivity index (χ0n) is 14.2. The van der Waals surface area contributed by atoms with Crippen LogP contribution in [0.5, 0.6) is 0 Å². The molecule has 0 saturated carbocycles. The van der Waals surface area contributed by atoms with Crippen molar-refractivity contribution in [3.8, 4) is 5.69 Å². The van der Waals surface area contributed by atoms with Crippen molar-refractivity contribution in [3.05, 3.63) is 84.4 Å². The molecule has 0 aliphatic rings. The Morgan fingerprint density at radius 1 is 0.926 bits per heavy atom. The average molecular weight is 357 g/mol. The molecule has 2 heterocycles. The number of amides is 2. The van der Waals surface area contributed by atoms with E-state index in [1.54, 1.807) is 18.5 Å². The second kappa shape index (κ2) is 6.72. The summed E-state index contributed by atoms with van der Waals surface area (Å²) in [5, 5.41) is 2.77. The van der Waals surface area contributed by atoms with Crippen molar-refractivity contribution < 1.29 is 9.59 Å². The number of aromatic nitrogens is 3. The van der Waals surface area contributed by atoms with Gasteiger partial charge in [0.15, 0.2) is 0 Å². The van der Waals surface area contributed by atoms with E-state index in [0.29, 0.717) is 5.69 Å². The highest BCUT2D eigenvalue weighted by molar-refractivity contribution is 6.03. The van der Waals surface area contributed by atoms with Crippen molar-refractivity contribution in [2.24, 2.45) is 5.73 Å². The molecule has 2 aromatic heterocycles. The zero-order valence-corrected chi connectivity index (χ0v) is 14.2. The molecule has 0 aliphatic heterocycles. The van der Waals surface area contributed by atoms with E-state index in [1.165, 1.54) is 18.3 Å². The number of hydrogen-bond donors (Lipinski definition) is 2. The summed E-state index contributed by atoms with van der Waals surface area (Å²) in [4.78, 5) is 31.7. The summed E-state index contributed by atoms with van der Waals surface area (Å²) in [5.41, 5.74) is 9.11. The van der Waals surface area contributed by atoms with Gasteiger partial charge in [0.05, 0.1) is 16.6 Å². The normalized spacial score (nSPS) is 10.7. The maximum Gasteiger partial charge on any atom is 0.274 e. The zero-order chi connectivity index (χ0) is 18.8. The highest BCUT2D eigenvalue weighted by Crippen LogP contribution is 2.19. The van der Waals surface area contributed by atoms with Crippen LogP contribution in [0.1, 0.15) is 20.8 Å². The van der Waals surface area contributed by atoms with Crippen LogP contribution in [0.25, 0.3) is 16.7 Å². The lowest BCUT2D eigenvalue weighted by molar-refractivity contribution is 0.0993. The minimum atomic E-state index is -0.586. The second-order valence-electron chi connectivity index (χ2n) is 5.90. The number of para-hydroxylation sites is 2. The number of carbonyl (C=O) groups excluding carboxylic acids is 2. The largest absolute Gasteiger partial charge is 0.366 e. The molecule has 2 amide bonds. The van der Waals surface area contributed by atoms with Crippen molar-refractivity contribution in [1.29, 1.82) is 0 Å². The number of fused-ring (bicyclic) bond motifs is 1. The fraction of sp³-hybridized carbons (Fsp3) is 0. The fourth-order valence-electron chi connectivity index (χ4n) is 2.74. The summed E-state index contributed by atoms with van der Waals surface area (Å²) in [5.74, 6) is -0.955. The quantitative estimate of drug-likeness (QED) is 0.586. The predicted octanol–water partition coefficient (Wildman–Crippen LogP) is 2.77. The molecule has 4 rings (SSSR count). The number of imidazole rings is 1. The number of primary amides is 1. The van der Waals surface area contributed by atoms with Crippen LogP contribution < -0.4 is 11.1 Å². The summed E-state index contributed by atoms with van der Waals surface area (Å²) < 4.78 is 1.98. The van der Waals surface area contributed by atoms with E-state index in [2.05, 4.69) is 15.3 Å². The van der Waals surface area contributed by atoms with Crippen LogP contribution in [-0.2, 0) is 0 Å². The lowest BCUT2D eigenvalue weighted by atomic mass is 10.2. The van der Waals surface area contributed by atoms with Crippen LogP contribution in [0.2, 0.25) is 0 Å². The topological polar surface area (TPSA) is 103 Å². The van der Waals surface area contributed by atoms with Crippen molar-refractivity contribution >= 4 is 28.5 Å². The first kappa shape index (κ1) is 16.5. The summed E-state index contributed by atoms with van der Waals surface area (Å²) >= 11 is 0. The number of pyridine rings is 1. The highest BCUT2D eigenvalue weighted by Gasteiger charge is 2.10. The molecule has 0 fully saturated rings. The maximum absolute atomic E-state index is 12.3. The first-order chi connectivity index (χ1) is 13.1. The monoisotopic (exact) mass is 357 g/mol. The molecule has 3 N–H and O–H groups in total. The Morgan fingerprint density at radius 3 is 2.41 bits per heavy atom. The molecule has 0 unspecified atom stereocenters. The molecule has 2 aromatic carbocycles. The molecule has 0 bridgehead atoms. The van der Waals surface area contributed by atoms with Crippen LogP contribution in [0, 0.1) is 0 Å². The second-order valence-corrected chi connectivity index (χ2v) is 5.90. The molecule has 27 heavy (non-hydrogen) atoms. The van der Waals surface area contributed by atoms with E-state index < -0.39 is 5.91 Å². The third-order valence-corrected chi connectivity index (χ3v) is 4.14. The third-order valence-electron chi connectivity index (χ3n) is 4.14. The maximum atomic E-state index is 12.3. The number of anilines is 1. The molecule has 0 atom stereocenters. The molecular weight excluding hydrogens is 342 g/mol. The molecule has 0 aliphatic carbocycles. The summed E-state index contributed by atoms with van der Waals surface area (Å²) in [6.07, 6.45) is 3.05. The van der Waals surface area contributed by atoms with E-state index in [4.69, 9.17) is 5.73 Å². The van der Waals surface area contributed by atoms with Gasteiger partial charge >= 0.3 is 0 Å². The van der Waals surface area contributed by atoms with Crippen LogP contribution >= 0.6 is 0 Å². The highest BCUT2D eigenvalue weighted by atomic mass is 16.2. The minimum Gasteiger partial charge on any atom is -0.366 e. The van der Waals surface area contributed by atoms with Gasteiger partial charge in [0, 0.05) is 17.6 Å². The summed E-state index contributed by atoms with van der Waals surface area (Å²) in [6.45, 7) is 0. The summed E-state index contributed by atoms with van der Waals surface area (Å²) in [6, 6.07) is 18.2. The van der Waals surface area contributed by atoms with Crippen molar-refractivity contribution in [2.45, 2.75) is 0 Å². The molecule has 0 radical (unpaired) electrons. The van der Waals surface area contributed by atoms with Gasteiger partial charge < -0.3 is 11.1 Å². The van der Waals surface area contributed by atoms with Gasteiger partial charge in [-0.2, -0.15) is 0 Å². The number of carbonyl (C=O) groups is 2. The summed E-state index contributed by atoms with van der Waals surface area (Å²) in [7, 11) is 0. The van der Waals surface area contributed by atoms with Gasteiger partial charge in [0.25, 0.3) is 5.91 Å². The smallest absolute Gasteiger partial charge is 0.274 e. The lowest BCUT2D eigenvalue weighted by Crippen LogP contribution is -2.16. The molecular formula is C20H15N5O2. The lowest BCUT2D eigenvalue weighted by Gasteiger charge is -2.08. The molecule has 4 aromatic rings. The Bertz CT molecular complexity index is 1130. The van der Waals surface area contributed by atoms with Gasteiger partial charge in [0.2, 0.25) is 5.91 Å². The van der Waals surface area contributed by atoms with E-state index >= 15 is 0 Å². The molecule has 7 nitrogen and oxygen atoms in total. The van der Waals surface area contributed by atoms with Gasteiger partial charge in [-0.15, -0.1) is 0 Å². The Kier molecular flexibility index (Phi) is 4.10. The van der Waals surface area contributed by atoms with Gasteiger partial charge in [-0.3, -0.25) is 19.1 Å². The van der Waals surface area contributed by atoms with Gasteiger partial charge in [-0.25, -0.2) is 4.98 Å². The van der Waals surface area contributed by atoms with E-state index in [9.17, 15) is 9.59 Å². The Labute approximate surface area is 154 Å². The van der Waals surface area contributed by atoms with Crippen LogP contribution in [0.15, 0.2) is 73.2 Å². The first-order valence-corrected chi connectivity index (χ1v) is 8.21. The van der Waals surface area contributed by atoms with Gasteiger partial charge in [-0.1, -0.05) is 12.1 Å². The Morgan fingerprint density at radius 2 is 1.70 bits per heavy atom. The number of nitrogens with two attached hydrogens (primary N) is 1. The standard InChI is InChI=1S/C20H15N5O2/c21-19(26)13-5-10-17(22-11-13)20(27)24-14-6-8-15(9-7-14)25-12-23-16-3-1-2-4-18(16)25/h1-12H,(H2,21,26)(H,24,27). The number of nitrogens with one attached hydrogen (secondary N) is 1. The van der Waals surface area contributed by atoms with Crippen LogP contribution in [-0.4, -0.2) is 26.3 Å². The van der Waals surface area contributed by atoms with E-state index in [-0.39, 0.29) is 17.2 Å².